The summed E-state index contributed by atoms with van der Waals surface area (Å²) in [5, 5.41) is 7.72. The van der Waals surface area contributed by atoms with E-state index in [0.717, 1.165) is 6.42 Å². The van der Waals surface area contributed by atoms with Crippen molar-refractivity contribution < 1.29 is 23.4 Å². The molecule has 2 rings (SSSR count). The van der Waals surface area contributed by atoms with Crippen LogP contribution >= 0.6 is 11.8 Å². The molecule has 1 atom stereocenters. The molecule has 1 aromatic heterocycles. The van der Waals surface area contributed by atoms with Crippen molar-refractivity contribution in [3.63, 3.8) is 0 Å². The van der Waals surface area contributed by atoms with Gasteiger partial charge in [-0.3, -0.25) is 0 Å². The highest BCUT2D eigenvalue weighted by molar-refractivity contribution is 7.99. The van der Waals surface area contributed by atoms with Gasteiger partial charge in [-0.05, 0) is 13.3 Å². The third-order valence-corrected chi connectivity index (χ3v) is 3.17. The first-order valence-corrected chi connectivity index (χ1v) is 6.61. The number of hydrogen-bond acceptors (Lipinski definition) is 8. The summed E-state index contributed by atoms with van der Waals surface area (Å²) >= 11 is 1.35. The van der Waals surface area contributed by atoms with Gasteiger partial charge in [-0.2, -0.15) is 0 Å². The molecule has 0 radical (unpaired) electrons. The number of esters is 1. The highest BCUT2D eigenvalue weighted by atomic mass is 32.2. The molecule has 0 amide bonds. The molecule has 0 saturated carbocycles. The quantitative estimate of drug-likeness (QED) is 0.583. The molecule has 0 bridgehead atoms. The number of ether oxygens (including phenoxy) is 3. The molecule has 1 aromatic rings. The summed E-state index contributed by atoms with van der Waals surface area (Å²) < 4.78 is 20.4. The second kappa shape index (κ2) is 6.72. The summed E-state index contributed by atoms with van der Waals surface area (Å²) in [7, 11) is 0. The van der Waals surface area contributed by atoms with E-state index < -0.39 is 5.97 Å². The third kappa shape index (κ3) is 3.69. The Labute approximate surface area is 108 Å². The van der Waals surface area contributed by atoms with E-state index in [2.05, 4.69) is 10.2 Å². The first-order valence-electron chi connectivity index (χ1n) is 5.62. The summed E-state index contributed by atoms with van der Waals surface area (Å²) in [6.07, 6.45) is 0.952. The van der Waals surface area contributed by atoms with Gasteiger partial charge in [0.25, 0.3) is 5.22 Å². The Balaban J connectivity index is 1.80. The number of aromatic nitrogens is 2. The molecule has 2 heterocycles. The largest absolute Gasteiger partial charge is 0.459 e. The highest BCUT2D eigenvalue weighted by Crippen LogP contribution is 2.20. The maximum absolute atomic E-state index is 11.3. The average Bonchev–Trinajstić information content (AvgIpc) is 2.87. The van der Waals surface area contributed by atoms with Crippen molar-refractivity contribution in [3.8, 4) is 0 Å². The number of carbonyl (C=O) groups excluding carboxylic acids is 1. The van der Waals surface area contributed by atoms with Crippen LogP contribution in [0.4, 0.5) is 0 Å². The Morgan fingerprint density at radius 2 is 2.44 bits per heavy atom. The zero-order valence-electron chi connectivity index (χ0n) is 9.96. The maximum Gasteiger partial charge on any atom is 0.396 e. The molecule has 1 aliphatic heterocycles. The molecule has 1 aliphatic rings. The Hall–Kier alpha value is -1.12. The monoisotopic (exact) mass is 274 g/mol. The number of rotatable bonds is 5. The van der Waals surface area contributed by atoms with Gasteiger partial charge in [0, 0.05) is 5.75 Å². The van der Waals surface area contributed by atoms with Gasteiger partial charge in [-0.25, -0.2) is 4.79 Å². The van der Waals surface area contributed by atoms with Crippen LogP contribution in [0.1, 0.15) is 24.0 Å². The zero-order valence-corrected chi connectivity index (χ0v) is 10.8. The van der Waals surface area contributed by atoms with Crippen molar-refractivity contribution in [2.75, 3.05) is 25.8 Å². The lowest BCUT2D eigenvalue weighted by molar-refractivity contribution is -0.130. The smallest absolute Gasteiger partial charge is 0.396 e. The molecule has 1 unspecified atom stereocenters. The van der Waals surface area contributed by atoms with Crippen molar-refractivity contribution in [2.24, 2.45) is 0 Å². The minimum absolute atomic E-state index is 0.113. The lowest BCUT2D eigenvalue weighted by Crippen LogP contribution is -2.25. The van der Waals surface area contributed by atoms with E-state index in [9.17, 15) is 4.79 Å². The number of hydrogen-bond donors (Lipinski definition) is 0. The van der Waals surface area contributed by atoms with Gasteiger partial charge in [-0.15, -0.1) is 5.10 Å². The van der Waals surface area contributed by atoms with Gasteiger partial charge in [0.05, 0.1) is 19.3 Å². The van der Waals surface area contributed by atoms with Crippen molar-refractivity contribution in [3.05, 3.63) is 5.89 Å². The molecule has 1 fully saturated rings. The molecular formula is C10H14N2O5S. The van der Waals surface area contributed by atoms with Crippen molar-refractivity contribution in [1.29, 1.82) is 0 Å². The molecule has 0 aliphatic carbocycles. The lowest BCUT2D eigenvalue weighted by atomic mass is 10.3. The first kappa shape index (κ1) is 13.3. The Morgan fingerprint density at radius 3 is 3.17 bits per heavy atom. The summed E-state index contributed by atoms with van der Waals surface area (Å²) in [4.78, 5) is 11.3. The molecule has 8 heteroatoms. The van der Waals surface area contributed by atoms with Gasteiger partial charge < -0.3 is 18.6 Å². The maximum atomic E-state index is 11.3. The summed E-state index contributed by atoms with van der Waals surface area (Å²) in [6, 6.07) is 0. The summed E-state index contributed by atoms with van der Waals surface area (Å²) in [5.74, 6) is -0.0280. The van der Waals surface area contributed by atoms with Crippen molar-refractivity contribution >= 4 is 17.7 Å². The number of carbonyl (C=O) groups is 1. The molecule has 100 valence electrons. The van der Waals surface area contributed by atoms with Crippen LogP contribution in [0, 0.1) is 0 Å². The fraction of sp³-hybridized carbons (Fsp3) is 0.700. The molecule has 0 spiro atoms. The SMILES string of the molecule is CCOC(=O)c1nnc(SCC2CCOCO2)o1. The van der Waals surface area contributed by atoms with Gasteiger partial charge in [0.15, 0.2) is 0 Å². The second-order valence-corrected chi connectivity index (χ2v) is 4.48. The summed E-state index contributed by atoms with van der Waals surface area (Å²) in [5.41, 5.74) is 0. The topological polar surface area (TPSA) is 83.7 Å². The third-order valence-electron chi connectivity index (χ3n) is 2.22. The standard InChI is InChI=1S/C10H14N2O5S/c1-2-15-9(13)8-11-12-10(17-8)18-5-7-3-4-14-6-16-7/h7H,2-6H2,1H3. The molecule has 1 saturated heterocycles. The summed E-state index contributed by atoms with van der Waals surface area (Å²) in [6.45, 7) is 3.01. The van der Waals surface area contributed by atoms with Crippen LogP contribution in [0.25, 0.3) is 0 Å². The first-order chi connectivity index (χ1) is 8.79. The van der Waals surface area contributed by atoms with E-state index in [1.807, 2.05) is 0 Å². The fourth-order valence-electron chi connectivity index (χ4n) is 1.34. The minimum Gasteiger partial charge on any atom is -0.459 e. The van der Waals surface area contributed by atoms with Crippen molar-refractivity contribution in [2.45, 2.75) is 24.7 Å². The van der Waals surface area contributed by atoms with E-state index in [-0.39, 0.29) is 18.6 Å². The van der Waals surface area contributed by atoms with Crippen LogP contribution in [0.15, 0.2) is 9.64 Å². The Bertz CT molecular complexity index is 391. The molecule has 0 N–H and O–H groups in total. The average molecular weight is 274 g/mol. The van der Waals surface area contributed by atoms with E-state index in [1.54, 1.807) is 6.92 Å². The highest BCUT2D eigenvalue weighted by Gasteiger charge is 2.19. The van der Waals surface area contributed by atoms with E-state index in [0.29, 0.717) is 24.4 Å². The van der Waals surface area contributed by atoms with Crippen LogP contribution in [0.5, 0.6) is 0 Å². The van der Waals surface area contributed by atoms with Crippen LogP contribution in [-0.4, -0.2) is 48.0 Å². The minimum atomic E-state index is -0.598. The van der Waals surface area contributed by atoms with Crippen LogP contribution in [0.3, 0.4) is 0 Å². The van der Waals surface area contributed by atoms with E-state index >= 15 is 0 Å². The van der Waals surface area contributed by atoms with E-state index in [4.69, 9.17) is 18.6 Å². The van der Waals surface area contributed by atoms with Gasteiger partial charge in [0.2, 0.25) is 0 Å². The van der Waals surface area contributed by atoms with Gasteiger partial charge in [0.1, 0.15) is 6.79 Å². The van der Waals surface area contributed by atoms with Crippen molar-refractivity contribution in [1.82, 2.24) is 10.2 Å². The van der Waals surface area contributed by atoms with E-state index in [1.165, 1.54) is 11.8 Å². The predicted molar refractivity (Wildman–Crippen MR) is 61.3 cm³/mol. The lowest BCUT2D eigenvalue weighted by Gasteiger charge is -2.21. The Kier molecular flexibility index (Phi) is 4.97. The predicted octanol–water partition coefficient (Wildman–Crippen LogP) is 1.10. The molecule has 0 aromatic carbocycles. The normalized spacial score (nSPS) is 19.7. The van der Waals surface area contributed by atoms with Gasteiger partial charge >= 0.3 is 11.9 Å². The molecular weight excluding hydrogens is 260 g/mol. The molecule has 18 heavy (non-hydrogen) atoms. The zero-order chi connectivity index (χ0) is 12.8. The van der Waals surface area contributed by atoms with Crippen LogP contribution in [-0.2, 0) is 14.2 Å². The van der Waals surface area contributed by atoms with Crippen LogP contribution in [0.2, 0.25) is 0 Å². The Morgan fingerprint density at radius 1 is 1.56 bits per heavy atom. The number of thioether (sulfide) groups is 1. The fourth-order valence-corrected chi connectivity index (χ4v) is 2.17. The number of nitrogens with zero attached hydrogens (tertiary/aromatic N) is 2. The molecule has 7 nitrogen and oxygen atoms in total. The van der Waals surface area contributed by atoms with Crippen LogP contribution < -0.4 is 0 Å². The van der Waals surface area contributed by atoms with Gasteiger partial charge in [-0.1, -0.05) is 16.9 Å². The second-order valence-electron chi connectivity index (χ2n) is 3.51.